The maximum absolute atomic E-state index is 13.0. The highest BCUT2D eigenvalue weighted by atomic mass is 32.2. The van der Waals surface area contributed by atoms with E-state index in [2.05, 4.69) is 11.5 Å². The Labute approximate surface area is 194 Å². The number of nitrogens with zero attached hydrogens (tertiary/aromatic N) is 3. The number of fused-ring (bicyclic) bond motifs is 1. The van der Waals surface area contributed by atoms with Crippen molar-refractivity contribution in [3.05, 3.63) is 89.7 Å². The Balaban J connectivity index is 1.70. The summed E-state index contributed by atoms with van der Waals surface area (Å²) in [4.78, 5) is 5.11. The number of benzene rings is 3. The first kappa shape index (κ1) is 22.5. The molecule has 8 heteroatoms. The number of aryl methyl sites for hydroxylation is 1. The number of rotatable bonds is 8. The van der Waals surface area contributed by atoms with E-state index in [1.54, 1.807) is 37.4 Å². The largest absolute Gasteiger partial charge is 0.384 e. The van der Waals surface area contributed by atoms with Crippen LogP contribution in [0.5, 0.6) is 0 Å². The van der Waals surface area contributed by atoms with E-state index in [-0.39, 0.29) is 10.7 Å². The third-order valence-electron chi connectivity index (χ3n) is 5.65. The van der Waals surface area contributed by atoms with Gasteiger partial charge in [0.2, 0.25) is 0 Å². The van der Waals surface area contributed by atoms with Crippen LogP contribution < -0.4 is 10.0 Å². The fourth-order valence-electron chi connectivity index (χ4n) is 3.85. The number of sulfonamides is 1. The number of aromatic nitrogens is 2. The molecule has 0 spiro atoms. The fraction of sp³-hybridized carbons (Fsp3) is 0.200. The SMILES string of the molecule is CCCn1c(Cc2ccc(C(=N)N)cc2)nc2cc(N(C)S(=O)(=O)c3ccccc3)ccc21. The third kappa shape index (κ3) is 4.47. The Morgan fingerprint density at radius 3 is 2.39 bits per heavy atom. The standard InChI is InChI=1S/C25H27N5O2S/c1-3-15-30-23-14-13-20(29(2)33(31,32)21-7-5-4-6-8-21)17-22(23)28-24(30)16-18-9-11-19(12-10-18)25(26)27/h4-14,17H,3,15-16H2,1-2H3,(H3,26,27). The lowest BCUT2D eigenvalue weighted by Crippen LogP contribution is -2.26. The Morgan fingerprint density at radius 2 is 1.76 bits per heavy atom. The first-order valence-corrected chi connectivity index (χ1v) is 12.2. The lowest BCUT2D eigenvalue weighted by molar-refractivity contribution is 0.594. The number of nitrogens with two attached hydrogens (primary N) is 1. The smallest absolute Gasteiger partial charge is 0.264 e. The van der Waals surface area contributed by atoms with Crippen LogP contribution in [0.25, 0.3) is 11.0 Å². The predicted molar refractivity (Wildman–Crippen MR) is 132 cm³/mol. The van der Waals surface area contributed by atoms with Gasteiger partial charge in [0.15, 0.2) is 0 Å². The van der Waals surface area contributed by atoms with Crippen LogP contribution in [0.2, 0.25) is 0 Å². The Kier molecular flexibility index (Phi) is 6.20. The first-order valence-electron chi connectivity index (χ1n) is 10.8. The van der Waals surface area contributed by atoms with E-state index in [1.165, 1.54) is 4.31 Å². The molecule has 0 radical (unpaired) electrons. The molecule has 0 bridgehead atoms. The zero-order valence-corrected chi connectivity index (χ0v) is 19.5. The van der Waals surface area contributed by atoms with E-state index in [9.17, 15) is 8.42 Å². The number of imidazole rings is 1. The number of anilines is 1. The van der Waals surface area contributed by atoms with E-state index >= 15 is 0 Å². The van der Waals surface area contributed by atoms with Crippen molar-refractivity contribution in [1.82, 2.24) is 9.55 Å². The van der Waals surface area contributed by atoms with Gasteiger partial charge in [-0.3, -0.25) is 9.71 Å². The van der Waals surface area contributed by atoms with Crippen molar-refractivity contribution in [2.75, 3.05) is 11.4 Å². The van der Waals surface area contributed by atoms with Gasteiger partial charge in [0, 0.05) is 25.6 Å². The van der Waals surface area contributed by atoms with Gasteiger partial charge in [-0.25, -0.2) is 13.4 Å². The molecule has 0 fully saturated rings. The first-order chi connectivity index (χ1) is 15.8. The quantitative estimate of drug-likeness (QED) is 0.304. The second-order valence-electron chi connectivity index (χ2n) is 7.93. The molecule has 4 rings (SSSR count). The van der Waals surface area contributed by atoms with Crippen LogP contribution >= 0.6 is 0 Å². The molecule has 0 saturated carbocycles. The molecular weight excluding hydrogens is 434 g/mol. The van der Waals surface area contributed by atoms with Gasteiger partial charge in [-0.2, -0.15) is 0 Å². The van der Waals surface area contributed by atoms with Gasteiger partial charge in [0.25, 0.3) is 10.0 Å². The summed E-state index contributed by atoms with van der Waals surface area (Å²) in [5, 5.41) is 7.56. The second kappa shape index (κ2) is 9.07. The predicted octanol–water partition coefficient (Wildman–Crippen LogP) is 4.15. The zero-order chi connectivity index (χ0) is 23.6. The molecule has 4 aromatic rings. The van der Waals surface area contributed by atoms with Crippen LogP contribution in [0.3, 0.4) is 0 Å². The molecule has 0 saturated heterocycles. The van der Waals surface area contributed by atoms with Gasteiger partial charge in [-0.15, -0.1) is 0 Å². The van der Waals surface area contributed by atoms with Crippen LogP contribution in [0, 0.1) is 5.41 Å². The van der Waals surface area contributed by atoms with Crippen LogP contribution in [-0.4, -0.2) is 30.9 Å². The number of hydrogen-bond acceptors (Lipinski definition) is 4. The summed E-state index contributed by atoms with van der Waals surface area (Å²) in [5.41, 5.74) is 9.60. The van der Waals surface area contributed by atoms with Crippen molar-refractivity contribution in [2.45, 2.75) is 31.2 Å². The lowest BCUT2D eigenvalue weighted by Gasteiger charge is -2.19. The second-order valence-corrected chi connectivity index (χ2v) is 9.89. The van der Waals surface area contributed by atoms with Gasteiger partial charge < -0.3 is 10.3 Å². The van der Waals surface area contributed by atoms with E-state index in [1.807, 2.05) is 42.5 Å². The molecule has 1 aromatic heterocycles. The maximum atomic E-state index is 13.0. The Bertz CT molecular complexity index is 1390. The summed E-state index contributed by atoms with van der Waals surface area (Å²) >= 11 is 0. The van der Waals surface area contributed by atoms with Crippen molar-refractivity contribution in [3.8, 4) is 0 Å². The van der Waals surface area contributed by atoms with Crippen molar-refractivity contribution >= 4 is 32.6 Å². The highest BCUT2D eigenvalue weighted by molar-refractivity contribution is 7.92. The van der Waals surface area contributed by atoms with Crippen molar-refractivity contribution in [3.63, 3.8) is 0 Å². The fourth-order valence-corrected chi connectivity index (χ4v) is 5.05. The third-order valence-corrected chi connectivity index (χ3v) is 7.45. The minimum absolute atomic E-state index is 0.0434. The molecule has 3 N–H and O–H groups in total. The highest BCUT2D eigenvalue weighted by Gasteiger charge is 2.22. The molecule has 7 nitrogen and oxygen atoms in total. The number of nitrogen functional groups attached to an aromatic ring is 1. The minimum atomic E-state index is -3.66. The summed E-state index contributed by atoms with van der Waals surface area (Å²) in [7, 11) is -2.10. The Hall–Kier alpha value is -3.65. The molecule has 0 amide bonds. The average molecular weight is 462 g/mol. The van der Waals surface area contributed by atoms with Crippen LogP contribution in [-0.2, 0) is 23.0 Å². The molecule has 1 heterocycles. The van der Waals surface area contributed by atoms with Gasteiger partial charge in [0.1, 0.15) is 11.7 Å². The van der Waals surface area contributed by atoms with Gasteiger partial charge in [-0.1, -0.05) is 49.4 Å². The minimum Gasteiger partial charge on any atom is -0.384 e. The lowest BCUT2D eigenvalue weighted by atomic mass is 10.1. The van der Waals surface area contributed by atoms with Gasteiger partial charge in [-0.05, 0) is 42.3 Å². The summed E-state index contributed by atoms with van der Waals surface area (Å²) in [6, 6.07) is 21.6. The van der Waals surface area contributed by atoms with Crippen molar-refractivity contribution < 1.29 is 8.42 Å². The summed E-state index contributed by atoms with van der Waals surface area (Å²) < 4.78 is 29.5. The van der Waals surface area contributed by atoms with E-state index in [4.69, 9.17) is 16.1 Å². The number of nitrogens with one attached hydrogen (secondary N) is 1. The van der Waals surface area contributed by atoms with Crippen molar-refractivity contribution in [1.29, 1.82) is 5.41 Å². The molecule has 170 valence electrons. The normalized spacial score (nSPS) is 11.6. The van der Waals surface area contributed by atoms with Crippen molar-refractivity contribution in [2.24, 2.45) is 5.73 Å². The zero-order valence-electron chi connectivity index (χ0n) is 18.7. The molecule has 33 heavy (non-hydrogen) atoms. The molecular formula is C25H27N5O2S. The highest BCUT2D eigenvalue weighted by Crippen LogP contribution is 2.27. The average Bonchev–Trinajstić information content (AvgIpc) is 3.15. The van der Waals surface area contributed by atoms with Gasteiger partial charge in [0.05, 0.1) is 21.6 Å². The van der Waals surface area contributed by atoms with Crippen LogP contribution in [0.1, 0.15) is 30.3 Å². The topological polar surface area (TPSA) is 105 Å². The molecule has 3 aromatic carbocycles. The van der Waals surface area contributed by atoms with Crippen LogP contribution in [0.15, 0.2) is 77.7 Å². The monoisotopic (exact) mass is 461 g/mol. The summed E-state index contributed by atoms with van der Waals surface area (Å²) in [6.45, 7) is 2.93. The number of amidine groups is 1. The van der Waals surface area contributed by atoms with E-state index in [0.29, 0.717) is 17.7 Å². The summed E-state index contributed by atoms with van der Waals surface area (Å²) in [6.07, 6.45) is 1.58. The van der Waals surface area contributed by atoms with E-state index in [0.717, 1.165) is 35.4 Å². The molecule has 0 atom stereocenters. The Morgan fingerprint density at radius 1 is 1.06 bits per heavy atom. The van der Waals surface area contributed by atoms with E-state index < -0.39 is 10.0 Å². The molecule has 0 aliphatic heterocycles. The van der Waals surface area contributed by atoms with Gasteiger partial charge >= 0.3 is 0 Å². The maximum Gasteiger partial charge on any atom is 0.264 e. The molecule has 0 unspecified atom stereocenters. The summed E-state index contributed by atoms with van der Waals surface area (Å²) in [5.74, 6) is 0.954. The molecule has 0 aliphatic rings. The van der Waals surface area contributed by atoms with Crippen LogP contribution in [0.4, 0.5) is 5.69 Å². The molecule has 0 aliphatic carbocycles. The number of hydrogen-bond donors (Lipinski definition) is 2.